The maximum Gasteiger partial charge on any atom is 0.181 e. The number of H-pyrrole nitrogens is 1. The molecule has 124 valence electrons. The minimum atomic E-state index is -0.355. The molecule has 1 heterocycles. The van der Waals surface area contributed by atoms with Crippen LogP contribution < -0.4 is 15.2 Å². The summed E-state index contributed by atoms with van der Waals surface area (Å²) in [6, 6.07) is 13.2. The maximum atomic E-state index is 6.28. The third-order valence-corrected chi connectivity index (χ3v) is 3.88. The highest BCUT2D eigenvalue weighted by atomic mass is 16.5. The Kier molecular flexibility index (Phi) is 4.48. The number of aromatic amines is 1. The zero-order chi connectivity index (χ0) is 17.1. The van der Waals surface area contributed by atoms with Gasteiger partial charge in [-0.3, -0.25) is 5.10 Å². The summed E-state index contributed by atoms with van der Waals surface area (Å²) < 4.78 is 10.6. The molecule has 0 saturated carbocycles. The molecule has 0 fully saturated rings. The van der Waals surface area contributed by atoms with E-state index in [9.17, 15) is 0 Å². The van der Waals surface area contributed by atoms with E-state index in [0.29, 0.717) is 23.1 Å². The van der Waals surface area contributed by atoms with Gasteiger partial charge in [-0.15, -0.1) is 0 Å². The summed E-state index contributed by atoms with van der Waals surface area (Å²) in [4.78, 5) is 4.52. The first kappa shape index (κ1) is 16.0. The van der Waals surface area contributed by atoms with Crippen molar-refractivity contribution in [1.29, 1.82) is 0 Å². The highest BCUT2D eigenvalue weighted by molar-refractivity contribution is 5.61. The largest absolute Gasteiger partial charge is 0.493 e. The number of aromatic nitrogens is 3. The lowest BCUT2D eigenvalue weighted by Gasteiger charge is -2.09. The lowest BCUT2D eigenvalue weighted by Crippen LogP contribution is -2.13. The molecule has 2 aromatic carbocycles. The number of nitrogens with two attached hydrogens (primary N) is 1. The Morgan fingerprint density at radius 3 is 2.38 bits per heavy atom. The van der Waals surface area contributed by atoms with Crippen LogP contribution in [0.5, 0.6) is 11.5 Å². The average molecular weight is 324 g/mol. The van der Waals surface area contributed by atoms with Gasteiger partial charge in [0.15, 0.2) is 17.3 Å². The van der Waals surface area contributed by atoms with Crippen LogP contribution in [0.4, 0.5) is 0 Å². The van der Waals surface area contributed by atoms with Crippen LogP contribution in [-0.4, -0.2) is 29.4 Å². The summed E-state index contributed by atoms with van der Waals surface area (Å²) >= 11 is 0. The number of methoxy groups -OCH3 is 2. The fourth-order valence-corrected chi connectivity index (χ4v) is 2.45. The van der Waals surface area contributed by atoms with Gasteiger partial charge < -0.3 is 15.2 Å². The van der Waals surface area contributed by atoms with E-state index in [1.54, 1.807) is 14.2 Å². The third-order valence-electron chi connectivity index (χ3n) is 3.88. The predicted octanol–water partition coefficient (Wildman–Crippen LogP) is 2.85. The van der Waals surface area contributed by atoms with Crippen LogP contribution in [0, 0.1) is 6.92 Å². The van der Waals surface area contributed by atoms with Crippen molar-refractivity contribution in [2.45, 2.75) is 13.0 Å². The summed E-state index contributed by atoms with van der Waals surface area (Å²) in [6.07, 6.45) is 0. The SMILES string of the molecule is COc1ccc(-c2n[nH]c(C(N)c3ccc(C)cc3)n2)cc1OC. The Morgan fingerprint density at radius 1 is 1.00 bits per heavy atom. The molecule has 0 spiro atoms. The number of rotatable bonds is 5. The van der Waals surface area contributed by atoms with Gasteiger partial charge >= 0.3 is 0 Å². The molecular formula is C18H20N4O2. The zero-order valence-electron chi connectivity index (χ0n) is 13.9. The lowest BCUT2D eigenvalue weighted by atomic mass is 10.1. The molecule has 6 heteroatoms. The fourth-order valence-electron chi connectivity index (χ4n) is 2.45. The second-order valence-electron chi connectivity index (χ2n) is 5.50. The van der Waals surface area contributed by atoms with Crippen molar-refractivity contribution in [2.24, 2.45) is 5.73 Å². The molecule has 3 rings (SSSR count). The fraction of sp³-hybridized carbons (Fsp3) is 0.222. The van der Waals surface area contributed by atoms with Gasteiger partial charge in [-0.2, -0.15) is 5.10 Å². The highest BCUT2D eigenvalue weighted by Crippen LogP contribution is 2.31. The van der Waals surface area contributed by atoms with Gasteiger partial charge in [0.2, 0.25) is 0 Å². The molecule has 0 aliphatic heterocycles. The molecule has 0 bridgehead atoms. The van der Waals surface area contributed by atoms with Gasteiger partial charge in [-0.1, -0.05) is 29.8 Å². The van der Waals surface area contributed by atoms with E-state index in [0.717, 1.165) is 11.1 Å². The number of nitrogens with one attached hydrogen (secondary N) is 1. The average Bonchev–Trinajstić information content (AvgIpc) is 3.11. The van der Waals surface area contributed by atoms with Crippen LogP contribution in [0.15, 0.2) is 42.5 Å². The van der Waals surface area contributed by atoms with Crippen LogP contribution >= 0.6 is 0 Å². The molecular weight excluding hydrogens is 304 g/mol. The second-order valence-corrected chi connectivity index (χ2v) is 5.50. The minimum Gasteiger partial charge on any atom is -0.493 e. The zero-order valence-corrected chi connectivity index (χ0v) is 13.9. The number of hydrogen-bond acceptors (Lipinski definition) is 5. The van der Waals surface area contributed by atoms with Crippen LogP contribution in [0.25, 0.3) is 11.4 Å². The maximum absolute atomic E-state index is 6.28. The molecule has 0 amide bonds. The van der Waals surface area contributed by atoms with Crippen molar-refractivity contribution in [3.63, 3.8) is 0 Å². The van der Waals surface area contributed by atoms with Crippen LogP contribution in [0.1, 0.15) is 23.0 Å². The standard InChI is InChI=1S/C18H20N4O2/c1-11-4-6-12(7-5-11)16(19)18-20-17(21-22-18)13-8-9-14(23-2)15(10-13)24-3/h4-10,16H,19H2,1-3H3,(H,20,21,22). The summed E-state index contributed by atoms with van der Waals surface area (Å²) in [5.41, 5.74) is 9.28. The second kappa shape index (κ2) is 6.72. The van der Waals surface area contributed by atoms with Gasteiger partial charge in [-0.05, 0) is 30.7 Å². The topological polar surface area (TPSA) is 86.0 Å². The normalized spacial score (nSPS) is 12.0. The molecule has 0 saturated heterocycles. The lowest BCUT2D eigenvalue weighted by molar-refractivity contribution is 0.355. The molecule has 0 aliphatic carbocycles. The smallest absolute Gasteiger partial charge is 0.181 e. The van der Waals surface area contributed by atoms with Crippen molar-refractivity contribution >= 4 is 0 Å². The van der Waals surface area contributed by atoms with Gasteiger partial charge in [0.25, 0.3) is 0 Å². The first-order valence-electron chi connectivity index (χ1n) is 7.59. The predicted molar refractivity (Wildman–Crippen MR) is 92.1 cm³/mol. The summed E-state index contributed by atoms with van der Waals surface area (Å²) in [6.45, 7) is 2.04. The highest BCUT2D eigenvalue weighted by Gasteiger charge is 2.16. The Labute approximate surface area is 140 Å². The summed E-state index contributed by atoms with van der Waals surface area (Å²) in [5, 5.41) is 7.19. The van der Waals surface area contributed by atoms with Gasteiger partial charge in [0.05, 0.1) is 20.3 Å². The molecule has 6 nitrogen and oxygen atoms in total. The van der Waals surface area contributed by atoms with Crippen LogP contribution in [0.3, 0.4) is 0 Å². The van der Waals surface area contributed by atoms with E-state index in [4.69, 9.17) is 15.2 Å². The molecule has 1 atom stereocenters. The molecule has 3 N–H and O–H groups in total. The summed E-state index contributed by atoms with van der Waals surface area (Å²) in [7, 11) is 3.20. The number of aryl methyl sites for hydroxylation is 1. The van der Waals surface area contributed by atoms with Gasteiger partial charge in [0, 0.05) is 5.56 Å². The van der Waals surface area contributed by atoms with Crippen molar-refractivity contribution in [3.8, 4) is 22.9 Å². The molecule has 1 aromatic heterocycles. The first-order chi connectivity index (χ1) is 11.6. The Hall–Kier alpha value is -2.86. The summed E-state index contributed by atoms with van der Waals surface area (Å²) in [5.74, 6) is 2.47. The third kappa shape index (κ3) is 3.09. The number of benzene rings is 2. The quantitative estimate of drug-likeness (QED) is 0.753. The minimum absolute atomic E-state index is 0.355. The van der Waals surface area contributed by atoms with Crippen LogP contribution in [0.2, 0.25) is 0 Å². The van der Waals surface area contributed by atoms with E-state index < -0.39 is 0 Å². The molecule has 1 unspecified atom stereocenters. The van der Waals surface area contributed by atoms with Gasteiger partial charge in [0.1, 0.15) is 5.82 Å². The van der Waals surface area contributed by atoms with Crippen molar-refractivity contribution in [3.05, 3.63) is 59.4 Å². The first-order valence-corrected chi connectivity index (χ1v) is 7.59. The van der Waals surface area contributed by atoms with Crippen molar-refractivity contribution < 1.29 is 9.47 Å². The Morgan fingerprint density at radius 2 is 1.71 bits per heavy atom. The molecule has 0 radical (unpaired) electrons. The Bertz CT molecular complexity index is 827. The number of ether oxygens (including phenoxy) is 2. The van der Waals surface area contributed by atoms with E-state index in [1.165, 1.54) is 5.56 Å². The van der Waals surface area contributed by atoms with E-state index in [-0.39, 0.29) is 6.04 Å². The van der Waals surface area contributed by atoms with E-state index >= 15 is 0 Å². The van der Waals surface area contributed by atoms with Crippen molar-refractivity contribution in [1.82, 2.24) is 15.2 Å². The molecule has 0 aliphatic rings. The Balaban J connectivity index is 1.89. The van der Waals surface area contributed by atoms with E-state index in [1.807, 2.05) is 49.4 Å². The van der Waals surface area contributed by atoms with Crippen LogP contribution in [-0.2, 0) is 0 Å². The van der Waals surface area contributed by atoms with E-state index in [2.05, 4.69) is 15.2 Å². The number of nitrogens with zero attached hydrogens (tertiary/aromatic N) is 2. The van der Waals surface area contributed by atoms with Crippen molar-refractivity contribution in [2.75, 3.05) is 14.2 Å². The molecule has 3 aromatic rings. The monoisotopic (exact) mass is 324 g/mol. The number of hydrogen-bond donors (Lipinski definition) is 2. The van der Waals surface area contributed by atoms with Gasteiger partial charge in [-0.25, -0.2) is 4.98 Å². The molecule has 24 heavy (non-hydrogen) atoms.